The van der Waals surface area contributed by atoms with Crippen molar-refractivity contribution in [2.75, 3.05) is 28.2 Å². The lowest BCUT2D eigenvalue weighted by atomic mass is 9.66. The van der Waals surface area contributed by atoms with Crippen LogP contribution in [0, 0.1) is 11.8 Å². The molecule has 2 aliphatic rings. The maximum Gasteiger partial charge on any atom is 0.220 e. The number of nitrogens with zero attached hydrogens (tertiary/aromatic N) is 2. The van der Waals surface area contributed by atoms with Crippen LogP contribution in [0.4, 0.5) is 0 Å². The molecule has 166 valence electrons. The fourth-order valence-electron chi connectivity index (χ4n) is 5.71. The lowest BCUT2D eigenvalue weighted by molar-refractivity contribution is -0.134. The Kier molecular flexibility index (Phi) is 7.35. The molecular formula is C25H39N3O2. The first-order valence-electron chi connectivity index (χ1n) is 11.4. The van der Waals surface area contributed by atoms with Crippen LogP contribution in [0.15, 0.2) is 30.3 Å². The van der Waals surface area contributed by atoms with Gasteiger partial charge in [0.2, 0.25) is 5.91 Å². The molecule has 3 atom stereocenters. The average molecular weight is 414 g/mol. The van der Waals surface area contributed by atoms with Gasteiger partial charge in [-0.1, -0.05) is 30.3 Å². The SMILES string of the molecule is CC(=O)C1CC(CC(=O)NC2CCC(Cc3ccccc3)(N(C)C)CC2)C1N(C)C. The van der Waals surface area contributed by atoms with Gasteiger partial charge in [0, 0.05) is 30.0 Å². The summed E-state index contributed by atoms with van der Waals surface area (Å²) in [6.45, 7) is 1.67. The van der Waals surface area contributed by atoms with Gasteiger partial charge in [0.1, 0.15) is 5.78 Å². The van der Waals surface area contributed by atoms with E-state index < -0.39 is 0 Å². The highest BCUT2D eigenvalue weighted by molar-refractivity contribution is 5.81. The minimum atomic E-state index is 0.0891. The maximum absolute atomic E-state index is 12.7. The zero-order chi connectivity index (χ0) is 21.9. The Bertz CT molecular complexity index is 723. The molecule has 0 aromatic heterocycles. The number of nitrogens with one attached hydrogen (secondary N) is 1. The molecule has 0 aliphatic heterocycles. The second-order valence-electron chi connectivity index (χ2n) is 9.99. The fraction of sp³-hybridized carbons (Fsp3) is 0.680. The quantitative estimate of drug-likeness (QED) is 0.711. The topological polar surface area (TPSA) is 52.7 Å². The van der Waals surface area contributed by atoms with Gasteiger partial charge in [-0.3, -0.25) is 9.59 Å². The third-order valence-electron chi connectivity index (χ3n) is 7.62. The van der Waals surface area contributed by atoms with E-state index in [-0.39, 0.29) is 41.1 Å². The monoisotopic (exact) mass is 413 g/mol. The van der Waals surface area contributed by atoms with Gasteiger partial charge in [-0.15, -0.1) is 0 Å². The van der Waals surface area contributed by atoms with Gasteiger partial charge in [-0.25, -0.2) is 0 Å². The van der Waals surface area contributed by atoms with Gasteiger partial charge in [-0.2, -0.15) is 0 Å². The van der Waals surface area contributed by atoms with Crippen LogP contribution in [-0.2, 0) is 16.0 Å². The van der Waals surface area contributed by atoms with E-state index in [1.807, 2.05) is 14.1 Å². The van der Waals surface area contributed by atoms with E-state index >= 15 is 0 Å². The molecule has 30 heavy (non-hydrogen) atoms. The zero-order valence-electron chi connectivity index (χ0n) is 19.4. The highest BCUT2D eigenvalue weighted by Gasteiger charge is 2.45. The largest absolute Gasteiger partial charge is 0.353 e. The molecular weight excluding hydrogens is 374 g/mol. The van der Waals surface area contributed by atoms with Crippen LogP contribution in [0.25, 0.3) is 0 Å². The Labute approximate surface area is 182 Å². The highest BCUT2D eigenvalue weighted by atomic mass is 16.1. The zero-order valence-corrected chi connectivity index (χ0v) is 19.4. The molecule has 3 unspecified atom stereocenters. The summed E-state index contributed by atoms with van der Waals surface area (Å²) >= 11 is 0. The third-order valence-corrected chi connectivity index (χ3v) is 7.62. The summed E-state index contributed by atoms with van der Waals surface area (Å²) < 4.78 is 0. The van der Waals surface area contributed by atoms with Crippen LogP contribution in [0.3, 0.4) is 0 Å². The number of carbonyl (C=O) groups is 2. The normalized spacial score (nSPS) is 31.4. The van der Waals surface area contributed by atoms with Gasteiger partial charge in [0.25, 0.3) is 0 Å². The summed E-state index contributed by atoms with van der Waals surface area (Å²) in [5.74, 6) is 0.776. The number of likely N-dealkylation sites (N-methyl/N-ethyl adjacent to an activating group) is 1. The fourth-order valence-corrected chi connectivity index (χ4v) is 5.71. The van der Waals surface area contributed by atoms with Crippen LogP contribution in [0.2, 0.25) is 0 Å². The Morgan fingerprint density at radius 2 is 1.70 bits per heavy atom. The Morgan fingerprint density at radius 1 is 1.07 bits per heavy atom. The maximum atomic E-state index is 12.7. The minimum absolute atomic E-state index is 0.0891. The van der Waals surface area contributed by atoms with Crippen molar-refractivity contribution in [1.29, 1.82) is 0 Å². The Balaban J connectivity index is 1.51. The first-order valence-corrected chi connectivity index (χ1v) is 11.4. The Morgan fingerprint density at radius 3 is 2.23 bits per heavy atom. The molecule has 3 rings (SSSR count). The molecule has 5 nitrogen and oxygen atoms in total. The number of benzene rings is 1. The molecule has 5 heteroatoms. The average Bonchev–Trinajstić information content (AvgIpc) is 2.66. The lowest BCUT2D eigenvalue weighted by Gasteiger charge is -2.47. The minimum Gasteiger partial charge on any atom is -0.353 e. The van der Waals surface area contributed by atoms with Crippen molar-refractivity contribution in [2.24, 2.45) is 11.8 Å². The second kappa shape index (κ2) is 9.61. The van der Waals surface area contributed by atoms with Crippen LogP contribution in [0.1, 0.15) is 51.0 Å². The smallest absolute Gasteiger partial charge is 0.220 e. The molecule has 2 saturated carbocycles. The molecule has 0 spiro atoms. The summed E-state index contributed by atoms with van der Waals surface area (Å²) in [5.41, 5.74) is 1.55. The molecule has 2 fully saturated rings. The lowest BCUT2D eigenvalue weighted by Crippen LogP contribution is -2.55. The molecule has 0 radical (unpaired) electrons. The van der Waals surface area contributed by atoms with E-state index in [1.165, 1.54) is 5.56 Å². The third kappa shape index (κ3) is 5.12. The van der Waals surface area contributed by atoms with E-state index in [1.54, 1.807) is 6.92 Å². The van der Waals surface area contributed by atoms with E-state index in [2.05, 4.69) is 59.5 Å². The van der Waals surface area contributed by atoms with Crippen molar-refractivity contribution >= 4 is 11.7 Å². The van der Waals surface area contributed by atoms with Gasteiger partial charge in [-0.05, 0) is 85.1 Å². The van der Waals surface area contributed by atoms with Crippen molar-refractivity contribution in [3.8, 4) is 0 Å². The van der Waals surface area contributed by atoms with Gasteiger partial charge in [0.15, 0.2) is 0 Å². The van der Waals surface area contributed by atoms with Gasteiger partial charge >= 0.3 is 0 Å². The van der Waals surface area contributed by atoms with E-state index in [0.29, 0.717) is 6.42 Å². The number of carbonyl (C=O) groups excluding carboxylic acids is 2. The number of amides is 1. The summed E-state index contributed by atoms with van der Waals surface area (Å²) in [5, 5.41) is 3.30. The summed E-state index contributed by atoms with van der Waals surface area (Å²) in [6, 6.07) is 11.2. The van der Waals surface area contributed by atoms with Crippen LogP contribution in [-0.4, -0.2) is 67.3 Å². The molecule has 0 bridgehead atoms. The van der Waals surface area contributed by atoms with Crippen molar-refractivity contribution in [1.82, 2.24) is 15.1 Å². The van der Waals surface area contributed by atoms with Crippen molar-refractivity contribution in [3.05, 3.63) is 35.9 Å². The highest BCUT2D eigenvalue weighted by Crippen LogP contribution is 2.40. The number of hydrogen-bond acceptors (Lipinski definition) is 4. The van der Waals surface area contributed by atoms with E-state index in [4.69, 9.17) is 0 Å². The molecule has 0 saturated heterocycles. The van der Waals surface area contributed by atoms with Crippen molar-refractivity contribution in [2.45, 2.75) is 69.5 Å². The van der Waals surface area contributed by atoms with Crippen molar-refractivity contribution < 1.29 is 9.59 Å². The molecule has 0 heterocycles. The molecule has 1 amide bonds. The second-order valence-corrected chi connectivity index (χ2v) is 9.99. The van der Waals surface area contributed by atoms with Crippen LogP contribution in [0.5, 0.6) is 0 Å². The van der Waals surface area contributed by atoms with Crippen LogP contribution >= 0.6 is 0 Å². The number of hydrogen-bond donors (Lipinski definition) is 1. The molecule has 2 aliphatic carbocycles. The van der Waals surface area contributed by atoms with E-state index in [9.17, 15) is 9.59 Å². The standard InChI is InChI=1S/C25H39N3O2/c1-18(29)22-15-20(24(22)27(2)3)16-23(30)26-21-11-13-25(14-12-21,28(4)5)17-19-9-7-6-8-10-19/h6-10,20-22,24H,11-17H2,1-5H3,(H,26,30). The Hall–Kier alpha value is -1.72. The van der Waals surface area contributed by atoms with Gasteiger partial charge in [0.05, 0.1) is 0 Å². The number of ketones is 1. The number of Topliss-reactive ketones (excluding diaryl/α,β-unsaturated/α-hetero) is 1. The molecule has 1 N–H and O–H groups in total. The first kappa shape index (κ1) is 23.0. The number of rotatable bonds is 8. The summed E-state index contributed by atoms with van der Waals surface area (Å²) in [4.78, 5) is 29.0. The van der Waals surface area contributed by atoms with Gasteiger partial charge < -0.3 is 15.1 Å². The predicted molar refractivity (Wildman–Crippen MR) is 121 cm³/mol. The summed E-state index contributed by atoms with van der Waals surface area (Å²) in [6.07, 6.45) is 6.67. The molecule has 1 aromatic carbocycles. The first-order chi connectivity index (χ1) is 14.2. The molecule has 1 aromatic rings. The van der Waals surface area contributed by atoms with Crippen LogP contribution < -0.4 is 5.32 Å². The predicted octanol–water partition coefficient (Wildman–Crippen LogP) is 3.13. The van der Waals surface area contributed by atoms with E-state index in [0.717, 1.165) is 38.5 Å². The summed E-state index contributed by atoms with van der Waals surface area (Å²) in [7, 11) is 8.40. The van der Waals surface area contributed by atoms with Crippen molar-refractivity contribution in [3.63, 3.8) is 0 Å².